The molecule has 0 spiro atoms. The summed E-state index contributed by atoms with van der Waals surface area (Å²) in [6.07, 6.45) is 1.90. The number of benzene rings is 1. The Labute approximate surface area is 132 Å². The molecule has 2 rings (SSSR count). The molecule has 1 saturated carbocycles. The van der Waals surface area contributed by atoms with E-state index >= 15 is 0 Å². The van der Waals surface area contributed by atoms with Crippen LogP contribution in [-0.4, -0.2) is 26.3 Å². The lowest BCUT2D eigenvalue weighted by atomic mass is 9.93. The Morgan fingerprint density at radius 1 is 1.27 bits per heavy atom. The number of ether oxygens (including phenoxy) is 3. The summed E-state index contributed by atoms with van der Waals surface area (Å²) < 4.78 is 16.2. The van der Waals surface area contributed by atoms with Crippen molar-refractivity contribution in [2.45, 2.75) is 39.5 Å². The van der Waals surface area contributed by atoms with E-state index in [1.54, 1.807) is 0 Å². The van der Waals surface area contributed by atoms with E-state index in [2.05, 4.69) is 13.0 Å². The summed E-state index contributed by atoms with van der Waals surface area (Å²) in [6.45, 7) is 7.43. The van der Waals surface area contributed by atoms with Gasteiger partial charge >= 0.3 is 5.97 Å². The van der Waals surface area contributed by atoms with Crippen LogP contribution in [0.1, 0.15) is 45.1 Å². The highest BCUT2D eigenvalue weighted by Gasteiger charge is 2.44. The second kappa shape index (κ2) is 7.52. The molecular formula is C18H26O4. The first-order chi connectivity index (χ1) is 10.6. The highest BCUT2D eigenvalue weighted by atomic mass is 16.5. The van der Waals surface area contributed by atoms with Gasteiger partial charge in [-0.2, -0.15) is 0 Å². The third-order valence-electron chi connectivity index (χ3n) is 4.21. The Hall–Kier alpha value is -1.71. The van der Waals surface area contributed by atoms with Crippen LogP contribution in [0.3, 0.4) is 0 Å². The average Bonchev–Trinajstić information content (AvgIpc) is 3.27. The standard InChI is InChI=1S/C18H26O4/c1-5-21-14-7-8-17(22-6-2)15(11-14)12(3)9-13-10-16(13)18(19)20-4/h7-8,11-13,16H,5-6,9-10H2,1-4H3. The minimum Gasteiger partial charge on any atom is -0.494 e. The number of rotatable bonds is 8. The first kappa shape index (κ1) is 16.7. The maximum absolute atomic E-state index is 11.5. The van der Waals surface area contributed by atoms with Crippen LogP contribution in [0.5, 0.6) is 11.5 Å². The lowest BCUT2D eigenvalue weighted by Gasteiger charge is -2.18. The fraction of sp³-hybridized carbons (Fsp3) is 0.611. The molecule has 3 atom stereocenters. The lowest BCUT2D eigenvalue weighted by molar-refractivity contribution is -0.142. The second-order valence-electron chi connectivity index (χ2n) is 5.83. The number of carbonyl (C=O) groups excluding carboxylic acids is 1. The van der Waals surface area contributed by atoms with Gasteiger partial charge in [0, 0.05) is 5.56 Å². The van der Waals surface area contributed by atoms with Crippen LogP contribution in [0, 0.1) is 11.8 Å². The van der Waals surface area contributed by atoms with Crippen molar-refractivity contribution in [2.24, 2.45) is 11.8 Å². The van der Waals surface area contributed by atoms with Crippen LogP contribution < -0.4 is 9.47 Å². The average molecular weight is 306 g/mol. The lowest BCUT2D eigenvalue weighted by Crippen LogP contribution is -2.07. The summed E-state index contributed by atoms with van der Waals surface area (Å²) in [6, 6.07) is 5.98. The van der Waals surface area contributed by atoms with Gasteiger partial charge in [-0.05, 0) is 56.7 Å². The minimum absolute atomic E-state index is 0.0784. The largest absolute Gasteiger partial charge is 0.494 e. The molecule has 0 amide bonds. The first-order valence-electron chi connectivity index (χ1n) is 8.08. The number of carbonyl (C=O) groups is 1. The molecule has 122 valence electrons. The molecule has 4 nitrogen and oxygen atoms in total. The van der Waals surface area contributed by atoms with Crippen LogP contribution >= 0.6 is 0 Å². The van der Waals surface area contributed by atoms with Gasteiger partial charge in [0.15, 0.2) is 0 Å². The molecule has 0 radical (unpaired) electrons. The van der Waals surface area contributed by atoms with Crippen molar-refractivity contribution in [1.82, 2.24) is 0 Å². The van der Waals surface area contributed by atoms with Gasteiger partial charge in [0.25, 0.3) is 0 Å². The molecule has 1 aromatic rings. The highest BCUT2D eigenvalue weighted by molar-refractivity contribution is 5.75. The normalized spacial score (nSPS) is 21.1. The van der Waals surface area contributed by atoms with Gasteiger partial charge < -0.3 is 14.2 Å². The maximum Gasteiger partial charge on any atom is 0.308 e. The number of hydrogen-bond donors (Lipinski definition) is 0. The SMILES string of the molecule is CCOc1ccc(OCC)c(C(C)CC2CC2C(=O)OC)c1. The van der Waals surface area contributed by atoms with E-state index in [1.165, 1.54) is 7.11 Å². The molecule has 0 heterocycles. The van der Waals surface area contributed by atoms with Gasteiger partial charge in [-0.1, -0.05) is 6.92 Å². The van der Waals surface area contributed by atoms with Crippen molar-refractivity contribution >= 4 is 5.97 Å². The molecule has 1 fully saturated rings. The molecular weight excluding hydrogens is 280 g/mol. The van der Waals surface area contributed by atoms with E-state index in [0.717, 1.165) is 29.9 Å². The molecule has 4 heteroatoms. The Kier molecular flexibility index (Phi) is 5.69. The van der Waals surface area contributed by atoms with Gasteiger partial charge in [-0.3, -0.25) is 4.79 Å². The Bertz CT molecular complexity index is 512. The second-order valence-corrected chi connectivity index (χ2v) is 5.83. The Balaban J connectivity index is 2.08. The monoisotopic (exact) mass is 306 g/mol. The summed E-state index contributed by atoms with van der Waals surface area (Å²) in [4.78, 5) is 11.5. The van der Waals surface area contributed by atoms with Crippen molar-refractivity contribution in [1.29, 1.82) is 0 Å². The van der Waals surface area contributed by atoms with Crippen molar-refractivity contribution in [2.75, 3.05) is 20.3 Å². The van der Waals surface area contributed by atoms with E-state index in [0.29, 0.717) is 25.0 Å². The maximum atomic E-state index is 11.5. The molecule has 1 aliphatic carbocycles. The quantitative estimate of drug-likeness (QED) is 0.686. The Morgan fingerprint density at radius 3 is 2.64 bits per heavy atom. The molecule has 3 unspecified atom stereocenters. The molecule has 0 aromatic heterocycles. The van der Waals surface area contributed by atoms with Gasteiger partial charge in [0.1, 0.15) is 11.5 Å². The molecule has 0 saturated heterocycles. The number of methoxy groups -OCH3 is 1. The first-order valence-corrected chi connectivity index (χ1v) is 8.08. The zero-order valence-electron chi connectivity index (χ0n) is 13.9. The predicted molar refractivity (Wildman–Crippen MR) is 85.4 cm³/mol. The summed E-state index contributed by atoms with van der Waals surface area (Å²) in [5.41, 5.74) is 1.16. The molecule has 0 N–H and O–H groups in total. The summed E-state index contributed by atoms with van der Waals surface area (Å²) >= 11 is 0. The number of hydrogen-bond acceptors (Lipinski definition) is 4. The van der Waals surface area contributed by atoms with Crippen LogP contribution in [0.4, 0.5) is 0 Å². The zero-order chi connectivity index (χ0) is 16.1. The van der Waals surface area contributed by atoms with Crippen LogP contribution in [-0.2, 0) is 9.53 Å². The number of esters is 1. The topological polar surface area (TPSA) is 44.8 Å². The molecule has 1 aromatic carbocycles. The van der Waals surface area contributed by atoms with Gasteiger partial charge in [0.05, 0.1) is 26.2 Å². The minimum atomic E-state index is -0.0784. The third-order valence-corrected chi connectivity index (χ3v) is 4.21. The predicted octanol–water partition coefficient (Wildman–Crippen LogP) is 3.79. The third kappa shape index (κ3) is 3.93. The van der Waals surface area contributed by atoms with Gasteiger partial charge in [0.2, 0.25) is 0 Å². The van der Waals surface area contributed by atoms with Crippen molar-refractivity contribution in [3.8, 4) is 11.5 Å². The molecule has 0 bridgehead atoms. The van der Waals surface area contributed by atoms with E-state index in [-0.39, 0.29) is 11.9 Å². The van der Waals surface area contributed by atoms with E-state index < -0.39 is 0 Å². The van der Waals surface area contributed by atoms with Crippen LogP contribution in [0.2, 0.25) is 0 Å². The smallest absolute Gasteiger partial charge is 0.308 e. The Morgan fingerprint density at radius 2 is 2.00 bits per heavy atom. The summed E-state index contributed by atoms with van der Waals surface area (Å²) in [5.74, 6) is 2.53. The van der Waals surface area contributed by atoms with Crippen LogP contribution in [0.25, 0.3) is 0 Å². The molecule has 1 aliphatic rings. The summed E-state index contributed by atoms with van der Waals surface area (Å²) in [7, 11) is 1.46. The summed E-state index contributed by atoms with van der Waals surface area (Å²) in [5, 5.41) is 0. The van der Waals surface area contributed by atoms with Crippen molar-refractivity contribution in [3.05, 3.63) is 23.8 Å². The van der Waals surface area contributed by atoms with E-state index in [9.17, 15) is 4.79 Å². The van der Waals surface area contributed by atoms with Crippen molar-refractivity contribution in [3.63, 3.8) is 0 Å². The van der Waals surface area contributed by atoms with Crippen LogP contribution in [0.15, 0.2) is 18.2 Å². The van der Waals surface area contributed by atoms with E-state index in [1.807, 2.05) is 26.0 Å². The zero-order valence-corrected chi connectivity index (χ0v) is 13.9. The fourth-order valence-electron chi connectivity index (χ4n) is 2.98. The van der Waals surface area contributed by atoms with Gasteiger partial charge in [-0.15, -0.1) is 0 Å². The van der Waals surface area contributed by atoms with Crippen molar-refractivity contribution < 1.29 is 19.0 Å². The fourth-order valence-corrected chi connectivity index (χ4v) is 2.98. The van der Waals surface area contributed by atoms with E-state index in [4.69, 9.17) is 14.2 Å². The molecule has 22 heavy (non-hydrogen) atoms. The highest BCUT2D eigenvalue weighted by Crippen LogP contribution is 2.47. The van der Waals surface area contributed by atoms with Gasteiger partial charge in [-0.25, -0.2) is 0 Å². The molecule has 0 aliphatic heterocycles.